The molecule has 0 saturated carbocycles. The number of hydrogen-bond donors (Lipinski definition) is 1. The molecule has 1 N–H and O–H groups in total. The lowest BCUT2D eigenvalue weighted by Gasteiger charge is -2.24. The Morgan fingerprint density at radius 1 is 1.26 bits per heavy atom. The lowest BCUT2D eigenvalue weighted by Crippen LogP contribution is -2.22. The van der Waals surface area contributed by atoms with Gasteiger partial charge in [0, 0.05) is 34.1 Å². The van der Waals surface area contributed by atoms with Gasteiger partial charge in [0.05, 0.1) is 0 Å². The SMILES string of the molecule is CNC1CCCc2nc(-c3ccc(Cl)cc3)ncc21. The van der Waals surface area contributed by atoms with Crippen molar-refractivity contribution in [3.05, 3.63) is 46.7 Å². The van der Waals surface area contributed by atoms with Gasteiger partial charge in [-0.1, -0.05) is 11.6 Å². The number of halogens is 1. The smallest absolute Gasteiger partial charge is 0.159 e. The Bertz CT molecular complexity index is 580. The van der Waals surface area contributed by atoms with Crippen LogP contribution in [-0.4, -0.2) is 17.0 Å². The van der Waals surface area contributed by atoms with E-state index in [2.05, 4.69) is 10.3 Å². The molecule has 2 aromatic rings. The van der Waals surface area contributed by atoms with Gasteiger partial charge in [0.15, 0.2) is 5.82 Å². The number of aromatic nitrogens is 2. The first-order valence-corrected chi connectivity index (χ1v) is 6.95. The summed E-state index contributed by atoms with van der Waals surface area (Å²) in [5.74, 6) is 0.784. The minimum absolute atomic E-state index is 0.392. The third-order valence-electron chi connectivity index (χ3n) is 3.63. The molecular formula is C15H16ClN3. The van der Waals surface area contributed by atoms with Crippen LogP contribution in [0.1, 0.15) is 30.1 Å². The van der Waals surface area contributed by atoms with Gasteiger partial charge in [-0.15, -0.1) is 0 Å². The molecule has 1 aliphatic rings. The van der Waals surface area contributed by atoms with Crippen LogP contribution in [0.5, 0.6) is 0 Å². The highest BCUT2D eigenvalue weighted by atomic mass is 35.5. The number of fused-ring (bicyclic) bond motifs is 1. The van der Waals surface area contributed by atoms with E-state index in [4.69, 9.17) is 16.6 Å². The number of nitrogens with one attached hydrogen (secondary N) is 1. The maximum Gasteiger partial charge on any atom is 0.159 e. The first-order chi connectivity index (χ1) is 9.28. The van der Waals surface area contributed by atoms with E-state index in [1.165, 1.54) is 17.7 Å². The summed E-state index contributed by atoms with van der Waals surface area (Å²) in [5, 5.41) is 4.06. The molecule has 1 aromatic carbocycles. The number of nitrogens with zero attached hydrogens (tertiary/aromatic N) is 2. The Morgan fingerprint density at radius 3 is 2.79 bits per heavy atom. The number of rotatable bonds is 2. The standard InChI is InChI=1S/C15H16ClN3/c1-17-13-3-2-4-14-12(13)9-18-15(19-14)10-5-7-11(16)8-6-10/h5-9,13,17H,2-4H2,1H3. The van der Waals surface area contributed by atoms with Gasteiger partial charge in [0.2, 0.25) is 0 Å². The predicted octanol–water partition coefficient (Wildman–Crippen LogP) is 3.39. The average molecular weight is 274 g/mol. The van der Waals surface area contributed by atoms with Gasteiger partial charge in [0.1, 0.15) is 0 Å². The van der Waals surface area contributed by atoms with Crippen LogP contribution in [0.3, 0.4) is 0 Å². The van der Waals surface area contributed by atoms with Crippen LogP contribution in [-0.2, 0) is 6.42 Å². The number of benzene rings is 1. The van der Waals surface area contributed by atoms with Crippen molar-refractivity contribution in [1.82, 2.24) is 15.3 Å². The van der Waals surface area contributed by atoms with Crippen molar-refractivity contribution < 1.29 is 0 Å². The van der Waals surface area contributed by atoms with Crippen LogP contribution in [0.15, 0.2) is 30.5 Å². The van der Waals surface area contributed by atoms with Crippen molar-refractivity contribution in [1.29, 1.82) is 0 Å². The average Bonchev–Trinajstić information content (AvgIpc) is 2.47. The Labute approximate surface area is 118 Å². The second-order valence-corrected chi connectivity index (χ2v) is 5.27. The third-order valence-corrected chi connectivity index (χ3v) is 3.88. The van der Waals surface area contributed by atoms with Crippen molar-refractivity contribution in [2.24, 2.45) is 0 Å². The van der Waals surface area contributed by atoms with Gasteiger partial charge < -0.3 is 5.32 Å². The molecule has 0 bridgehead atoms. The molecule has 0 fully saturated rings. The lowest BCUT2D eigenvalue weighted by molar-refractivity contribution is 0.488. The summed E-state index contributed by atoms with van der Waals surface area (Å²) in [5.41, 5.74) is 3.43. The van der Waals surface area contributed by atoms with Gasteiger partial charge in [0.25, 0.3) is 0 Å². The fraction of sp³-hybridized carbons (Fsp3) is 0.333. The van der Waals surface area contributed by atoms with E-state index in [1.807, 2.05) is 37.5 Å². The van der Waals surface area contributed by atoms with Gasteiger partial charge in [-0.2, -0.15) is 0 Å². The molecule has 3 rings (SSSR count). The fourth-order valence-electron chi connectivity index (χ4n) is 2.58. The van der Waals surface area contributed by atoms with E-state index >= 15 is 0 Å². The summed E-state index contributed by atoms with van der Waals surface area (Å²) in [6.45, 7) is 0. The second-order valence-electron chi connectivity index (χ2n) is 4.84. The highest BCUT2D eigenvalue weighted by molar-refractivity contribution is 6.30. The van der Waals surface area contributed by atoms with Gasteiger partial charge in [-0.05, 0) is 50.6 Å². The molecular weight excluding hydrogens is 258 g/mol. The summed E-state index contributed by atoms with van der Waals surface area (Å²) in [7, 11) is 1.99. The minimum atomic E-state index is 0.392. The van der Waals surface area contributed by atoms with E-state index in [-0.39, 0.29) is 0 Å². The Kier molecular flexibility index (Phi) is 3.49. The molecule has 0 amide bonds. The normalized spacial score (nSPS) is 18.1. The zero-order valence-electron chi connectivity index (χ0n) is 10.9. The van der Waals surface area contributed by atoms with E-state index < -0.39 is 0 Å². The molecule has 0 radical (unpaired) electrons. The highest BCUT2D eigenvalue weighted by Crippen LogP contribution is 2.29. The van der Waals surface area contributed by atoms with E-state index in [0.717, 1.165) is 29.3 Å². The van der Waals surface area contributed by atoms with Crippen LogP contribution in [0.2, 0.25) is 5.02 Å². The monoisotopic (exact) mass is 273 g/mol. The number of aryl methyl sites for hydroxylation is 1. The lowest BCUT2D eigenvalue weighted by atomic mass is 9.92. The largest absolute Gasteiger partial charge is 0.313 e. The van der Waals surface area contributed by atoms with Crippen molar-refractivity contribution in [2.45, 2.75) is 25.3 Å². The van der Waals surface area contributed by atoms with E-state index in [1.54, 1.807) is 0 Å². The molecule has 98 valence electrons. The molecule has 4 heteroatoms. The maximum atomic E-state index is 5.90. The second kappa shape index (κ2) is 5.27. The van der Waals surface area contributed by atoms with Crippen LogP contribution < -0.4 is 5.32 Å². The summed E-state index contributed by atoms with van der Waals surface area (Å²) >= 11 is 5.90. The fourth-order valence-corrected chi connectivity index (χ4v) is 2.71. The van der Waals surface area contributed by atoms with Gasteiger partial charge >= 0.3 is 0 Å². The first kappa shape index (κ1) is 12.6. The topological polar surface area (TPSA) is 37.8 Å². The Balaban J connectivity index is 1.99. The number of hydrogen-bond acceptors (Lipinski definition) is 3. The molecule has 19 heavy (non-hydrogen) atoms. The summed E-state index contributed by atoms with van der Waals surface area (Å²) in [6, 6.07) is 8.06. The summed E-state index contributed by atoms with van der Waals surface area (Å²) in [4.78, 5) is 9.21. The zero-order valence-corrected chi connectivity index (χ0v) is 11.6. The quantitative estimate of drug-likeness (QED) is 0.911. The van der Waals surface area contributed by atoms with E-state index in [9.17, 15) is 0 Å². The molecule has 0 saturated heterocycles. The minimum Gasteiger partial charge on any atom is -0.313 e. The highest BCUT2D eigenvalue weighted by Gasteiger charge is 2.20. The third kappa shape index (κ3) is 2.48. The Hall–Kier alpha value is -1.45. The van der Waals surface area contributed by atoms with Crippen LogP contribution in [0.4, 0.5) is 0 Å². The molecule has 3 nitrogen and oxygen atoms in total. The van der Waals surface area contributed by atoms with Crippen LogP contribution >= 0.6 is 11.6 Å². The van der Waals surface area contributed by atoms with Crippen molar-refractivity contribution in [3.8, 4) is 11.4 Å². The van der Waals surface area contributed by atoms with Crippen LogP contribution in [0, 0.1) is 0 Å². The van der Waals surface area contributed by atoms with Gasteiger partial charge in [-0.3, -0.25) is 0 Å². The molecule has 1 atom stereocenters. The summed E-state index contributed by atoms with van der Waals surface area (Å²) < 4.78 is 0. The molecule has 0 aliphatic heterocycles. The Morgan fingerprint density at radius 2 is 2.05 bits per heavy atom. The maximum absolute atomic E-state index is 5.90. The van der Waals surface area contributed by atoms with E-state index in [0.29, 0.717) is 6.04 Å². The predicted molar refractivity (Wildman–Crippen MR) is 77.2 cm³/mol. The first-order valence-electron chi connectivity index (χ1n) is 6.57. The van der Waals surface area contributed by atoms with Gasteiger partial charge in [-0.25, -0.2) is 9.97 Å². The van der Waals surface area contributed by atoms with Crippen molar-refractivity contribution >= 4 is 11.6 Å². The van der Waals surface area contributed by atoms with Crippen molar-refractivity contribution in [3.63, 3.8) is 0 Å². The molecule has 1 aliphatic carbocycles. The zero-order chi connectivity index (χ0) is 13.2. The molecule has 1 aromatic heterocycles. The molecule has 1 heterocycles. The molecule has 0 spiro atoms. The summed E-state index contributed by atoms with van der Waals surface area (Å²) in [6.07, 6.45) is 5.34. The molecule has 1 unspecified atom stereocenters. The van der Waals surface area contributed by atoms with Crippen LogP contribution in [0.25, 0.3) is 11.4 Å². The van der Waals surface area contributed by atoms with Crippen molar-refractivity contribution in [2.75, 3.05) is 7.05 Å².